The molecule has 0 unspecified atom stereocenters. The highest BCUT2D eigenvalue weighted by Gasteiger charge is 2.24. The maximum atomic E-state index is 12.6. The fourth-order valence-electron chi connectivity index (χ4n) is 2.30. The second kappa shape index (κ2) is 8.11. The van der Waals surface area contributed by atoms with Gasteiger partial charge in [0.05, 0.1) is 26.8 Å². The van der Waals surface area contributed by atoms with Crippen molar-refractivity contribution in [2.24, 2.45) is 0 Å². The standard InChI is InChI=1S/C16H12ClN5O5S2/c1-9-12(7-4-8-13(9)22(24)25)21-29(26,27)16-20-19-15(28-16)18-14(23)10-5-2-3-6-11(10)17/h2-8,21H,1H3,(H,18,19,23). The predicted molar refractivity (Wildman–Crippen MR) is 108 cm³/mol. The lowest BCUT2D eigenvalue weighted by Gasteiger charge is -2.08. The van der Waals surface area contributed by atoms with Crippen LogP contribution in [0.2, 0.25) is 5.02 Å². The molecule has 0 bridgehead atoms. The third-order valence-corrected chi connectivity index (χ3v) is 6.62. The van der Waals surface area contributed by atoms with Gasteiger partial charge in [-0.05, 0) is 25.1 Å². The Morgan fingerprint density at radius 1 is 1.17 bits per heavy atom. The molecule has 0 aliphatic rings. The molecule has 0 atom stereocenters. The van der Waals surface area contributed by atoms with Gasteiger partial charge in [-0.15, -0.1) is 10.2 Å². The first-order chi connectivity index (χ1) is 13.7. The lowest BCUT2D eigenvalue weighted by atomic mass is 10.2. The number of rotatable bonds is 6. The molecule has 0 radical (unpaired) electrons. The number of amides is 1. The summed E-state index contributed by atoms with van der Waals surface area (Å²) in [7, 11) is -4.17. The maximum Gasteiger partial charge on any atom is 0.291 e. The van der Waals surface area contributed by atoms with Gasteiger partial charge in [-0.3, -0.25) is 24.9 Å². The third kappa shape index (κ3) is 4.50. The number of nitrogens with zero attached hydrogens (tertiary/aromatic N) is 3. The Labute approximate surface area is 173 Å². The van der Waals surface area contributed by atoms with Crippen LogP contribution in [-0.4, -0.2) is 29.4 Å². The number of carbonyl (C=O) groups is 1. The fourth-order valence-corrected chi connectivity index (χ4v) is 4.54. The SMILES string of the molecule is Cc1c(NS(=O)(=O)c2nnc(NC(=O)c3ccccc3Cl)s2)cccc1[N+](=O)[O-]. The van der Waals surface area contributed by atoms with Crippen LogP contribution in [0, 0.1) is 17.0 Å². The lowest BCUT2D eigenvalue weighted by Crippen LogP contribution is -2.14. The van der Waals surface area contributed by atoms with Crippen LogP contribution in [-0.2, 0) is 10.0 Å². The topological polar surface area (TPSA) is 144 Å². The number of hydrogen-bond acceptors (Lipinski definition) is 8. The summed E-state index contributed by atoms with van der Waals surface area (Å²) >= 11 is 6.58. The van der Waals surface area contributed by atoms with Crippen molar-refractivity contribution in [3.05, 3.63) is 68.7 Å². The largest absolute Gasteiger partial charge is 0.296 e. The van der Waals surface area contributed by atoms with Gasteiger partial charge in [0.15, 0.2) is 0 Å². The summed E-state index contributed by atoms with van der Waals surface area (Å²) in [5.74, 6) is -0.571. The second-order valence-corrected chi connectivity index (χ2v) is 8.86. The smallest absolute Gasteiger partial charge is 0.291 e. The Kier molecular flexibility index (Phi) is 5.77. The minimum absolute atomic E-state index is 0.0380. The Morgan fingerprint density at radius 3 is 2.59 bits per heavy atom. The third-order valence-electron chi connectivity index (χ3n) is 3.72. The van der Waals surface area contributed by atoms with Crippen LogP contribution in [0.15, 0.2) is 46.8 Å². The number of benzene rings is 2. The quantitative estimate of drug-likeness (QED) is 0.330. The van der Waals surface area contributed by atoms with Gasteiger partial charge in [0.1, 0.15) is 0 Å². The molecule has 2 N–H and O–H groups in total. The van der Waals surface area contributed by atoms with Gasteiger partial charge in [-0.1, -0.05) is 41.1 Å². The highest BCUT2D eigenvalue weighted by molar-refractivity contribution is 7.94. The Balaban J connectivity index is 1.81. The van der Waals surface area contributed by atoms with E-state index in [1.165, 1.54) is 37.3 Å². The summed E-state index contributed by atoms with van der Waals surface area (Å²) in [4.78, 5) is 22.6. The molecule has 0 fully saturated rings. The summed E-state index contributed by atoms with van der Waals surface area (Å²) in [5.41, 5.74) is 0.156. The van der Waals surface area contributed by atoms with E-state index in [4.69, 9.17) is 11.6 Å². The molecule has 29 heavy (non-hydrogen) atoms. The minimum atomic E-state index is -4.17. The molecule has 1 aromatic heterocycles. The van der Waals surface area contributed by atoms with E-state index < -0.39 is 25.2 Å². The molecule has 0 aliphatic carbocycles. The Bertz CT molecular complexity index is 1210. The summed E-state index contributed by atoms with van der Waals surface area (Å²) in [6.45, 7) is 1.42. The normalized spacial score (nSPS) is 11.1. The van der Waals surface area contributed by atoms with Gasteiger partial charge in [-0.2, -0.15) is 8.42 Å². The molecular formula is C16H12ClN5O5S2. The van der Waals surface area contributed by atoms with E-state index in [2.05, 4.69) is 20.2 Å². The molecule has 0 spiro atoms. The van der Waals surface area contributed by atoms with Crippen LogP contribution in [0.5, 0.6) is 0 Å². The first kappa shape index (κ1) is 20.6. The highest BCUT2D eigenvalue weighted by Crippen LogP contribution is 2.29. The number of nitro groups is 1. The van der Waals surface area contributed by atoms with Crippen molar-refractivity contribution in [1.82, 2.24) is 10.2 Å². The average molecular weight is 454 g/mol. The molecule has 2 aromatic carbocycles. The number of nitrogens with one attached hydrogen (secondary N) is 2. The van der Waals surface area contributed by atoms with Crippen LogP contribution >= 0.6 is 22.9 Å². The van der Waals surface area contributed by atoms with E-state index in [-0.39, 0.29) is 32.7 Å². The minimum Gasteiger partial charge on any atom is -0.296 e. The monoisotopic (exact) mass is 453 g/mol. The van der Waals surface area contributed by atoms with Crippen LogP contribution in [0.3, 0.4) is 0 Å². The van der Waals surface area contributed by atoms with Gasteiger partial charge in [-0.25, -0.2) is 0 Å². The van der Waals surface area contributed by atoms with Crippen molar-refractivity contribution >= 4 is 55.4 Å². The van der Waals surface area contributed by atoms with Crippen molar-refractivity contribution in [3.63, 3.8) is 0 Å². The summed E-state index contributed by atoms with van der Waals surface area (Å²) in [6, 6.07) is 10.3. The van der Waals surface area contributed by atoms with E-state index in [1.807, 2.05) is 0 Å². The predicted octanol–water partition coefficient (Wildman–Crippen LogP) is 3.46. The number of sulfonamides is 1. The van der Waals surface area contributed by atoms with E-state index in [1.54, 1.807) is 12.1 Å². The summed E-state index contributed by atoms with van der Waals surface area (Å²) < 4.78 is 26.9. The first-order valence-electron chi connectivity index (χ1n) is 7.85. The molecular weight excluding hydrogens is 442 g/mol. The Morgan fingerprint density at radius 2 is 1.90 bits per heavy atom. The summed E-state index contributed by atoms with van der Waals surface area (Å²) in [6.07, 6.45) is 0. The maximum absolute atomic E-state index is 12.6. The Hall–Kier alpha value is -3.09. The van der Waals surface area contributed by atoms with E-state index in [0.717, 1.165) is 0 Å². The average Bonchev–Trinajstić information content (AvgIpc) is 3.13. The second-order valence-electron chi connectivity index (χ2n) is 5.62. The number of aromatic nitrogens is 2. The van der Waals surface area contributed by atoms with Crippen LogP contribution in [0.4, 0.5) is 16.5 Å². The molecule has 0 saturated heterocycles. The van der Waals surface area contributed by atoms with Gasteiger partial charge >= 0.3 is 0 Å². The van der Waals surface area contributed by atoms with Crippen molar-refractivity contribution in [2.45, 2.75) is 11.3 Å². The van der Waals surface area contributed by atoms with E-state index in [0.29, 0.717) is 11.3 Å². The van der Waals surface area contributed by atoms with E-state index in [9.17, 15) is 23.3 Å². The summed E-state index contributed by atoms with van der Waals surface area (Å²) in [5, 5.41) is 20.9. The molecule has 3 aromatic rings. The highest BCUT2D eigenvalue weighted by atomic mass is 35.5. The number of carbonyl (C=O) groups excluding carboxylic acids is 1. The zero-order chi connectivity index (χ0) is 21.2. The van der Waals surface area contributed by atoms with E-state index >= 15 is 0 Å². The van der Waals surface area contributed by atoms with Gasteiger partial charge in [0.25, 0.3) is 26.0 Å². The van der Waals surface area contributed by atoms with Gasteiger partial charge in [0, 0.05) is 6.07 Å². The molecule has 3 rings (SSSR count). The first-order valence-corrected chi connectivity index (χ1v) is 10.5. The number of halogens is 1. The van der Waals surface area contributed by atoms with Crippen LogP contribution in [0.1, 0.15) is 15.9 Å². The zero-order valence-corrected chi connectivity index (χ0v) is 17.0. The van der Waals surface area contributed by atoms with Crippen LogP contribution in [0.25, 0.3) is 0 Å². The van der Waals surface area contributed by atoms with Crippen molar-refractivity contribution in [2.75, 3.05) is 10.0 Å². The van der Waals surface area contributed by atoms with Crippen molar-refractivity contribution in [3.8, 4) is 0 Å². The molecule has 10 nitrogen and oxygen atoms in total. The zero-order valence-electron chi connectivity index (χ0n) is 14.6. The molecule has 150 valence electrons. The molecule has 1 amide bonds. The van der Waals surface area contributed by atoms with Crippen LogP contribution < -0.4 is 10.0 Å². The van der Waals surface area contributed by atoms with Gasteiger partial charge < -0.3 is 0 Å². The molecule has 0 saturated carbocycles. The number of anilines is 2. The lowest BCUT2D eigenvalue weighted by molar-refractivity contribution is -0.385. The molecule has 1 heterocycles. The number of nitro benzene ring substituents is 1. The fraction of sp³-hybridized carbons (Fsp3) is 0.0625. The number of hydrogen-bond donors (Lipinski definition) is 2. The molecule has 0 aliphatic heterocycles. The van der Waals surface area contributed by atoms with Crippen molar-refractivity contribution in [1.29, 1.82) is 0 Å². The van der Waals surface area contributed by atoms with Crippen molar-refractivity contribution < 1.29 is 18.1 Å². The van der Waals surface area contributed by atoms with Gasteiger partial charge in [0.2, 0.25) is 5.13 Å². The molecule has 13 heteroatoms.